The van der Waals surface area contributed by atoms with Crippen LogP contribution in [0.25, 0.3) is 0 Å². The van der Waals surface area contributed by atoms with Crippen molar-refractivity contribution in [3.8, 4) is 0 Å². The van der Waals surface area contributed by atoms with E-state index in [4.69, 9.17) is 0 Å². The Bertz CT molecular complexity index is 704. The number of anilines is 1. The van der Waals surface area contributed by atoms with Gasteiger partial charge in [-0.05, 0) is 35.2 Å². The number of nitrogens with zero attached hydrogens (tertiary/aromatic N) is 1. The van der Waals surface area contributed by atoms with Gasteiger partial charge in [-0.1, -0.05) is 44.2 Å². The van der Waals surface area contributed by atoms with Crippen molar-refractivity contribution < 1.29 is 14.6 Å². The van der Waals surface area contributed by atoms with Gasteiger partial charge in [0.2, 0.25) is 0 Å². The summed E-state index contributed by atoms with van der Waals surface area (Å²) in [6.07, 6.45) is -0.981. The van der Waals surface area contributed by atoms with Crippen LogP contribution in [-0.4, -0.2) is 29.5 Å². The maximum absolute atomic E-state index is 13.7. The molecule has 2 aromatic carbocycles. The molecular formula is C20H24FNO2. The van der Waals surface area contributed by atoms with Crippen LogP contribution in [0.2, 0.25) is 0 Å². The molecule has 0 fully saturated rings. The van der Waals surface area contributed by atoms with Crippen molar-refractivity contribution >= 4 is 5.69 Å². The first-order valence-corrected chi connectivity index (χ1v) is 8.43. The fraction of sp³-hybridized carbons (Fsp3) is 0.400. The number of fused-ring (bicyclic) bond motifs is 1. The lowest BCUT2D eigenvalue weighted by molar-refractivity contribution is 0.0712. The van der Waals surface area contributed by atoms with Gasteiger partial charge < -0.3 is 15.1 Å². The monoisotopic (exact) mass is 329 g/mol. The Balaban J connectivity index is 2.06. The van der Waals surface area contributed by atoms with E-state index in [1.165, 1.54) is 17.7 Å². The first-order chi connectivity index (χ1) is 11.5. The highest BCUT2D eigenvalue weighted by Crippen LogP contribution is 2.44. The molecule has 1 aliphatic heterocycles. The second kappa shape index (κ2) is 6.91. The Kier molecular flexibility index (Phi) is 4.88. The summed E-state index contributed by atoms with van der Waals surface area (Å²) in [6.45, 7) is 4.75. The first-order valence-electron chi connectivity index (χ1n) is 8.43. The quantitative estimate of drug-likeness (QED) is 0.883. The third kappa shape index (κ3) is 3.04. The second-order valence-electron chi connectivity index (χ2n) is 6.81. The van der Waals surface area contributed by atoms with Crippen LogP contribution in [0.1, 0.15) is 36.9 Å². The Morgan fingerprint density at radius 3 is 2.58 bits per heavy atom. The maximum atomic E-state index is 13.7. The zero-order chi connectivity index (χ0) is 17.3. The van der Waals surface area contributed by atoms with E-state index in [0.29, 0.717) is 17.4 Å². The molecular weight excluding hydrogens is 305 g/mol. The third-order valence-electron chi connectivity index (χ3n) is 4.92. The van der Waals surface area contributed by atoms with Crippen molar-refractivity contribution in [2.24, 2.45) is 5.92 Å². The molecule has 1 heterocycles. The van der Waals surface area contributed by atoms with E-state index < -0.39 is 12.1 Å². The first kappa shape index (κ1) is 16.9. The zero-order valence-corrected chi connectivity index (χ0v) is 14.1. The molecule has 3 nitrogen and oxygen atoms in total. The van der Waals surface area contributed by atoms with Gasteiger partial charge in [-0.3, -0.25) is 0 Å². The molecule has 0 saturated carbocycles. The molecule has 2 N–H and O–H groups in total. The van der Waals surface area contributed by atoms with Gasteiger partial charge in [0.15, 0.2) is 0 Å². The molecule has 2 aromatic rings. The number of halogens is 1. The van der Waals surface area contributed by atoms with E-state index >= 15 is 0 Å². The standard InChI is InChI=1S/C20H24FNO2/c1-13(2)17-11-22(18-9-4-3-8-16(17)18)20(19(24)12-23)14-6-5-7-15(21)10-14/h3-10,13,17,19-20,23-24H,11-12H2,1-2H3/t17?,19-,20+/m1/s1. The molecule has 4 heteroatoms. The lowest BCUT2D eigenvalue weighted by Gasteiger charge is -2.34. The van der Waals surface area contributed by atoms with Crippen LogP contribution in [0.5, 0.6) is 0 Å². The highest BCUT2D eigenvalue weighted by molar-refractivity contribution is 5.62. The largest absolute Gasteiger partial charge is 0.394 e. The average molecular weight is 329 g/mol. The second-order valence-corrected chi connectivity index (χ2v) is 6.81. The van der Waals surface area contributed by atoms with Gasteiger partial charge in [0.25, 0.3) is 0 Å². The lowest BCUT2D eigenvalue weighted by Crippen LogP contribution is -2.38. The van der Waals surface area contributed by atoms with E-state index in [1.54, 1.807) is 12.1 Å². The van der Waals surface area contributed by atoms with Crippen molar-refractivity contribution in [1.82, 2.24) is 0 Å². The Morgan fingerprint density at radius 1 is 1.17 bits per heavy atom. The minimum absolute atomic E-state index is 0.337. The minimum Gasteiger partial charge on any atom is -0.394 e. The van der Waals surface area contributed by atoms with E-state index in [9.17, 15) is 14.6 Å². The summed E-state index contributed by atoms with van der Waals surface area (Å²) in [6, 6.07) is 14.0. The number of aliphatic hydroxyl groups excluding tert-OH is 2. The van der Waals surface area contributed by atoms with Gasteiger partial charge in [-0.25, -0.2) is 4.39 Å². The molecule has 0 saturated heterocycles. The van der Waals surface area contributed by atoms with Gasteiger partial charge >= 0.3 is 0 Å². The van der Waals surface area contributed by atoms with Gasteiger partial charge in [-0.15, -0.1) is 0 Å². The topological polar surface area (TPSA) is 43.7 Å². The van der Waals surface area contributed by atoms with E-state index in [-0.39, 0.29) is 12.4 Å². The fourth-order valence-electron chi connectivity index (χ4n) is 3.70. The number of benzene rings is 2. The predicted molar refractivity (Wildman–Crippen MR) is 93.6 cm³/mol. The van der Waals surface area contributed by atoms with Crippen LogP contribution >= 0.6 is 0 Å². The normalized spacial score (nSPS) is 19.4. The van der Waals surface area contributed by atoms with E-state index in [0.717, 1.165) is 12.2 Å². The number of aliphatic hydroxyl groups is 2. The van der Waals surface area contributed by atoms with Crippen LogP contribution in [0.4, 0.5) is 10.1 Å². The van der Waals surface area contributed by atoms with Gasteiger partial charge in [0, 0.05) is 18.2 Å². The smallest absolute Gasteiger partial charge is 0.123 e. The highest BCUT2D eigenvalue weighted by Gasteiger charge is 2.37. The van der Waals surface area contributed by atoms with Crippen molar-refractivity contribution in [2.45, 2.75) is 31.9 Å². The predicted octanol–water partition coefficient (Wildman–Crippen LogP) is 3.48. The summed E-state index contributed by atoms with van der Waals surface area (Å²) in [5.41, 5.74) is 2.98. The molecule has 3 rings (SSSR count). The Morgan fingerprint density at radius 2 is 1.92 bits per heavy atom. The molecule has 1 aliphatic rings. The summed E-state index contributed by atoms with van der Waals surface area (Å²) in [7, 11) is 0. The maximum Gasteiger partial charge on any atom is 0.123 e. The Labute approximate surface area is 142 Å². The molecule has 0 bridgehead atoms. The third-order valence-corrected chi connectivity index (χ3v) is 4.92. The number of para-hydroxylation sites is 1. The summed E-state index contributed by atoms with van der Waals surface area (Å²) in [5, 5.41) is 20.0. The van der Waals surface area contributed by atoms with Crippen LogP contribution < -0.4 is 4.90 Å². The zero-order valence-electron chi connectivity index (χ0n) is 14.1. The SMILES string of the molecule is CC(C)C1CN([C@@H](c2cccc(F)c2)[C@H](O)CO)c2ccccc21. The van der Waals surface area contributed by atoms with Crippen LogP contribution in [0.15, 0.2) is 48.5 Å². The van der Waals surface area contributed by atoms with E-state index in [1.807, 2.05) is 18.2 Å². The lowest BCUT2D eigenvalue weighted by atomic mass is 9.90. The van der Waals surface area contributed by atoms with Gasteiger partial charge in [0.1, 0.15) is 11.9 Å². The highest BCUT2D eigenvalue weighted by atomic mass is 19.1. The summed E-state index contributed by atoms with van der Waals surface area (Å²) >= 11 is 0. The summed E-state index contributed by atoms with van der Waals surface area (Å²) in [4.78, 5) is 2.11. The van der Waals surface area contributed by atoms with Crippen LogP contribution in [0.3, 0.4) is 0 Å². The fourth-order valence-corrected chi connectivity index (χ4v) is 3.70. The van der Waals surface area contributed by atoms with Crippen molar-refractivity contribution in [1.29, 1.82) is 0 Å². The molecule has 24 heavy (non-hydrogen) atoms. The van der Waals surface area contributed by atoms with E-state index in [2.05, 4.69) is 24.8 Å². The Hall–Kier alpha value is -1.91. The summed E-state index contributed by atoms with van der Waals surface area (Å²) < 4.78 is 13.7. The number of hydrogen-bond acceptors (Lipinski definition) is 3. The van der Waals surface area contributed by atoms with Crippen LogP contribution in [0, 0.1) is 11.7 Å². The van der Waals surface area contributed by atoms with Crippen LogP contribution in [-0.2, 0) is 0 Å². The molecule has 1 unspecified atom stereocenters. The molecule has 3 atom stereocenters. The van der Waals surface area contributed by atoms with Gasteiger partial charge in [-0.2, -0.15) is 0 Å². The number of hydrogen-bond donors (Lipinski definition) is 2. The number of rotatable bonds is 5. The molecule has 0 spiro atoms. The van der Waals surface area contributed by atoms with Crippen molar-refractivity contribution in [2.75, 3.05) is 18.1 Å². The average Bonchev–Trinajstić information content (AvgIpc) is 2.95. The molecule has 0 aliphatic carbocycles. The minimum atomic E-state index is -0.981. The van der Waals surface area contributed by atoms with Crippen molar-refractivity contribution in [3.05, 3.63) is 65.5 Å². The molecule has 0 amide bonds. The molecule has 128 valence electrons. The summed E-state index contributed by atoms with van der Waals surface area (Å²) in [5.74, 6) is 0.467. The van der Waals surface area contributed by atoms with Gasteiger partial charge in [0.05, 0.1) is 12.6 Å². The molecule has 0 aromatic heterocycles. The molecule has 0 radical (unpaired) electrons. The van der Waals surface area contributed by atoms with Crippen molar-refractivity contribution in [3.63, 3.8) is 0 Å².